The molecule has 0 bridgehead atoms. The van der Waals surface area contributed by atoms with Gasteiger partial charge in [-0.15, -0.1) is 0 Å². The summed E-state index contributed by atoms with van der Waals surface area (Å²) in [5.74, 6) is 4.57. The number of nitrogens with one attached hydrogen (secondary N) is 1. The molecule has 0 saturated heterocycles. The topological polar surface area (TPSA) is 63.8 Å². The zero-order valence-electron chi connectivity index (χ0n) is 9.07. The Hall–Kier alpha value is -2.15. The van der Waals surface area contributed by atoms with Crippen LogP contribution in [0.5, 0.6) is 0 Å². The van der Waals surface area contributed by atoms with Gasteiger partial charge in [0.05, 0.1) is 5.69 Å². The van der Waals surface area contributed by atoms with Gasteiger partial charge >= 0.3 is 0 Å². The summed E-state index contributed by atoms with van der Waals surface area (Å²) in [6, 6.07) is 6.45. The van der Waals surface area contributed by atoms with Crippen molar-refractivity contribution in [1.29, 1.82) is 0 Å². The SMILES string of the molecule is NNc1nc(-c2ccc(F)cc2)cc(C(F)F)n1. The summed E-state index contributed by atoms with van der Waals surface area (Å²) < 4.78 is 38.0. The summed E-state index contributed by atoms with van der Waals surface area (Å²) in [5, 5.41) is 0. The number of rotatable bonds is 3. The number of hydrazine groups is 1. The molecule has 0 radical (unpaired) electrons. The van der Waals surface area contributed by atoms with Crippen molar-refractivity contribution in [3.05, 3.63) is 41.8 Å². The molecule has 1 heterocycles. The third-order valence-corrected chi connectivity index (χ3v) is 2.24. The Balaban J connectivity index is 2.49. The van der Waals surface area contributed by atoms with Crippen LogP contribution in [0.3, 0.4) is 0 Å². The average molecular weight is 254 g/mol. The van der Waals surface area contributed by atoms with Gasteiger partial charge in [0.25, 0.3) is 6.43 Å². The van der Waals surface area contributed by atoms with Crippen LogP contribution in [0.4, 0.5) is 19.1 Å². The first kappa shape index (κ1) is 12.3. The summed E-state index contributed by atoms with van der Waals surface area (Å²) in [6.45, 7) is 0. The standard InChI is InChI=1S/C11H9F3N4/c12-7-3-1-6(2-4-7)8-5-9(10(13)14)17-11(16-8)18-15/h1-5,10H,15H2,(H,16,17,18). The number of anilines is 1. The van der Waals surface area contributed by atoms with Crippen LogP contribution in [-0.2, 0) is 0 Å². The summed E-state index contributed by atoms with van der Waals surface area (Å²) in [5.41, 5.74) is 2.41. The second-order valence-corrected chi connectivity index (χ2v) is 3.45. The molecule has 3 N–H and O–H groups in total. The summed E-state index contributed by atoms with van der Waals surface area (Å²) in [6.07, 6.45) is -2.74. The van der Waals surface area contributed by atoms with Gasteiger partial charge in [-0.25, -0.2) is 29.0 Å². The van der Waals surface area contributed by atoms with E-state index in [-0.39, 0.29) is 11.6 Å². The van der Waals surface area contributed by atoms with Crippen molar-refractivity contribution >= 4 is 5.95 Å². The Labute approximate surface area is 101 Å². The Morgan fingerprint density at radius 1 is 1.11 bits per heavy atom. The lowest BCUT2D eigenvalue weighted by molar-refractivity contribution is 0.146. The number of nitrogens with zero attached hydrogens (tertiary/aromatic N) is 2. The number of benzene rings is 1. The molecule has 0 spiro atoms. The minimum Gasteiger partial charge on any atom is -0.292 e. The van der Waals surface area contributed by atoms with Gasteiger partial charge < -0.3 is 0 Å². The Morgan fingerprint density at radius 2 is 1.78 bits per heavy atom. The summed E-state index contributed by atoms with van der Waals surface area (Å²) in [7, 11) is 0. The van der Waals surface area contributed by atoms with Crippen LogP contribution in [-0.4, -0.2) is 9.97 Å². The fourth-order valence-corrected chi connectivity index (χ4v) is 1.41. The van der Waals surface area contributed by atoms with Gasteiger partial charge in [-0.1, -0.05) is 0 Å². The van der Waals surface area contributed by atoms with Crippen molar-refractivity contribution in [3.8, 4) is 11.3 Å². The van der Waals surface area contributed by atoms with Crippen LogP contribution in [0.15, 0.2) is 30.3 Å². The molecule has 1 aromatic carbocycles. The Morgan fingerprint density at radius 3 is 2.33 bits per heavy atom. The number of nitrogen functional groups attached to an aromatic ring is 1. The van der Waals surface area contributed by atoms with Crippen LogP contribution in [0.2, 0.25) is 0 Å². The maximum absolute atomic E-state index is 12.8. The fourth-order valence-electron chi connectivity index (χ4n) is 1.41. The lowest BCUT2D eigenvalue weighted by Gasteiger charge is -2.07. The van der Waals surface area contributed by atoms with Gasteiger partial charge in [0.2, 0.25) is 5.95 Å². The average Bonchev–Trinajstić information content (AvgIpc) is 2.39. The Kier molecular flexibility index (Phi) is 3.42. The van der Waals surface area contributed by atoms with E-state index in [4.69, 9.17) is 5.84 Å². The van der Waals surface area contributed by atoms with E-state index in [2.05, 4.69) is 15.4 Å². The molecule has 0 saturated carbocycles. The van der Waals surface area contributed by atoms with E-state index < -0.39 is 17.9 Å². The van der Waals surface area contributed by atoms with Crippen molar-refractivity contribution in [1.82, 2.24) is 9.97 Å². The Bertz CT molecular complexity index is 542. The van der Waals surface area contributed by atoms with E-state index in [1.54, 1.807) is 0 Å². The molecule has 0 fully saturated rings. The van der Waals surface area contributed by atoms with E-state index in [1.165, 1.54) is 24.3 Å². The monoisotopic (exact) mass is 254 g/mol. The van der Waals surface area contributed by atoms with E-state index in [9.17, 15) is 13.2 Å². The van der Waals surface area contributed by atoms with Gasteiger partial charge in [0, 0.05) is 5.56 Å². The molecule has 0 aliphatic rings. The van der Waals surface area contributed by atoms with Crippen molar-refractivity contribution < 1.29 is 13.2 Å². The highest BCUT2D eigenvalue weighted by molar-refractivity contribution is 5.60. The number of hydrogen-bond acceptors (Lipinski definition) is 4. The maximum atomic E-state index is 12.8. The van der Waals surface area contributed by atoms with Crippen LogP contribution >= 0.6 is 0 Å². The predicted molar refractivity (Wildman–Crippen MR) is 60.2 cm³/mol. The van der Waals surface area contributed by atoms with Crippen molar-refractivity contribution in [3.63, 3.8) is 0 Å². The van der Waals surface area contributed by atoms with E-state index >= 15 is 0 Å². The lowest BCUT2D eigenvalue weighted by atomic mass is 10.1. The molecule has 4 nitrogen and oxygen atoms in total. The number of aromatic nitrogens is 2. The molecular weight excluding hydrogens is 245 g/mol. The van der Waals surface area contributed by atoms with Crippen LogP contribution in [0.1, 0.15) is 12.1 Å². The molecule has 94 valence electrons. The first-order valence-corrected chi connectivity index (χ1v) is 5.00. The third-order valence-electron chi connectivity index (χ3n) is 2.24. The molecule has 2 aromatic rings. The molecule has 1 aromatic heterocycles. The highest BCUT2D eigenvalue weighted by Crippen LogP contribution is 2.24. The molecule has 0 aliphatic heterocycles. The number of alkyl halides is 2. The number of nitrogens with two attached hydrogens (primary N) is 1. The van der Waals surface area contributed by atoms with Gasteiger partial charge in [-0.05, 0) is 30.3 Å². The highest BCUT2D eigenvalue weighted by Gasteiger charge is 2.13. The minimum absolute atomic E-state index is 0.118. The first-order valence-electron chi connectivity index (χ1n) is 5.00. The molecular formula is C11H9F3N4. The normalized spacial score (nSPS) is 10.7. The minimum atomic E-state index is -2.74. The summed E-state index contributed by atoms with van der Waals surface area (Å²) >= 11 is 0. The smallest absolute Gasteiger partial charge is 0.280 e. The molecule has 0 unspecified atom stereocenters. The third kappa shape index (κ3) is 2.57. The zero-order chi connectivity index (χ0) is 13.1. The molecule has 0 amide bonds. The van der Waals surface area contributed by atoms with Gasteiger partial charge in [0.1, 0.15) is 11.5 Å². The predicted octanol–water partition coefficient (Wildman–Crippen LogP) is 2.51. The fraction of sp³-hybridized carbons (Fsp3) is 0.0909. The van der Waals surface area contributed by atoms with E-state index in [0.29, 0.717) is 5.56 Å². The van der Waals surface area contributed by atoms with Gasteiger partial charge in [-0.2, -0.15) is 0 Å². The largest absolute Gasteiger partial charge is 0.292 e. The zero-order valence-corrected chi connectivity index (χ0v) is 9.07. The maximum Gasteiger partial charge on any atom is 0.280 e. The van der Waals surface area contributed by atoms with Crippen LogP contribution < -0.4 is 11.3 Å². The molecule has 18 heavy (non-hydrogen) atoms. The number of hydrogen-bond donors (Lipinski definition) is 2. The quantitative estimate of drug-likeness (QED) is 0.652. The number of halogens is 3. The van der Waals surface area contributed by atoms with E-state index in [1.807, 2.05) is 0 Å². The molecule has 7 heteroatoms. The van der Waals surface area contributed by atoms with Crippen molar-refractivity contribution in [2.24, 2.45) is 5.84 Å². The van der Waals surface area contributed by atoms with Crippen molar-refractivity contribution in [2.45, 2.75) is 6.43 Å². The first-order chi connectivity index (χ1) is 8.60. The van der Waals surface area contributed by atoms with Crippen molar-refractivity contribution in [2.75, 3.05) is 5.43 Å². The lowest BCUT2D eigenvalue weighted by Crippen LogP contribution is -2.12. The second-order valence-electron chi connectivity index (χ2n) is 3.45. The molecule has 2 rings (SSSR count). The molecule has 0 atom stereocenters. The highest BCUT2D eigenvalue weighted by atomic mass is 19.3. The van der Waals surface area contributed by atoms with Gasteiger partial charge in [0.15, 0.2) is 0 Å². The second kappa shape index (κ2) is 5.01. The molecule has 0 aliphatic carbocycles. The van der Waals surface area contributed by atoms with E-state index in [0.717, 1.165) is 6.07 Å². The van der Waals surface area contributed by atoms with Crippen LogP contribution in [0, 0.1) is 5.82 Å². The van der Waals surface area contributed by atoms with Crippen LogP contribution in [0.25, 0.3) is 11.3 Å². The summed E-state index contributed by atoms with van der Waals surface area (Å²) in [4.78, 5) is 7.45. The van der Waals surface area contributed by atoms with Gasteiger partial charge in [-0.3, -0.25) is 5.43 Å².